The van der Waals surface area contributed by atoms with Crippen LogP contribution in [-0.4, -0.2) is 40.9 Å². The summed E-state index contributed by atoms with van der Waals surface area (Å²) in [5.74, 6) is -0.986. The molecule has 1 saturated heterocycles. The quantitative estimate of drug-likeness (QED) is 0.176. The number of halogens is 2. The van der Waals surface area contributed by atoms with Gasteiger partial charge in [-0.2, -0.15) is 0 Å². The van der Waals surface area contributed by atoms with Crippen LogP contribution in [-0.2, 0) is 16.1 Å². The van der Waals surface area contributed by atoms with E-state index >= 15 is 0 Å². The zero-order chi connectivity index (χ0) is 26.3. The minimum Gasteiger partial charge on any atom is -0.507 e. The molecule has 0 saturated carbocycles. The third kappa shape index (κ3) is 4.30. The summed E-state index contributed by atoms with van der Waals surface area (Å²) < 4.78 is 10.4. The number of para-hydroxylation sites is 1. The predicted octanol–water partition coefficient (Wildman–Crippen LogP) is 6.11. The van der Waals surface area contributed by atoms with E-state index in [9.17, 15) is 14.7 Å². The summed E-state index contributed by atoms with van der Waals surface area (Å²) in [5, 5.41) is 12.6. The van der Waals surface area contributed by atoms with E-state index in [2.05, 4.69) is 4.98 Å². The van der Waals surface area contributed by atoms with E-state index in [0.29, 0.717) is 11.3 Å². The summed E-state index contributed by atoms with van der Waals surface area (Å²) in [7, 11) is 3.00. The third-order valence-corrected chi connectivity index (χ3v) is 7.01. The first kappa shape index (κ1) is 24.7. The van der Waals surface area contributed by atoms with Crippen molar-refractivity contribution in [1.82, 2.24) is 9.88 Å². The number of ether oxygens (including phenoxy) is 2. The van der Waals surface area contributed by atoms with E-state index in [1.54, 1.807) is 25.4 Å². The molecule has 7 nitrogen and oxygen atoms in total. The summed E-state index contributed by atoms with van der Waals surface area (Å²) >= 11 is 12.6. The van der Waals surface area contributed by atoms with Crippen LogP contribution in [0.4, 0.5) is 0 Å². The van der Waals surface area contributed by atoms with Crippen LogP contribution in [0, 0.1) is 0 Å². The van der Waals surface area contributed by atoms with Gasteiger partial charge in [0.1, 0.15) is 11.5 Å². The van der Waals surface area contributed by atoms with Crippen LogP contribution >= 0.6 is 23.2 Å². The lowest BCUT2D eigenvalue weighted by atomic mass is 9.94. The Morgan fingerprint density at radius 2 is 1.68 bits per heavy atom. The largest absolute Gasteiger partial charge is 0.507 e. The van der Waals surface area contributed by atoms with E-state index in [1.807, 2.05) is 36.4 Å². The Hall–Kier alpha value is -3.94. The van der Waals surface area contributed by atoms with E-state index in [0.717, 1.165) is 16.5 Å². The zero-order valence-electron chi connectivity index (χ0n) is 19.9. The predicted molar refractivity (Wildman–Crippen MR) is 142 cm³/mol. The molecular weight excluding hydrogens is 515 g/mol. The summed E-state index contributed by atoms with van der Waals surface area (Å²) in [4.78, 5) is 31.5. The number of carbonyl (C=O) groups excluding carboxylic acids is 2. The fourth-order valence-corrected chi connectivity index (χ4v) is 5.30. The molecule has 1 atom stereocenters. The molecule has 0 aliphatic carbocycles. The molecule has 0 spiro atoms. The summed E-state index contributed by atoms with van der Waals surface area (Å²) in [6.45, 7) is 0.139. The second-order valence-electron chi connectivity index (χ2n) is 8.54. The second kappa shape index (κ2) is 9.84. The van der Waals surface area contributed by atoms with Crippen molar-refractivity contribution in [3.05, 3.63) is 99.2 Å². The molecule has 9 heteroatoms. The highest BCUT2D eigenvalue weighted by atomic mass is 35.5. The smallest absolute Gasteiger partial charge is 0.295 e. The first-order valence-corrected chi connectivity index (χ1v) is 12.1. The first-order chi connectivity index (χ1) is 17.8. The molecule has 2 N–H and O–H groups in total. The number of likely N-dealkylation sites (tertiary alicyclic amines) is 1. The van der Waals surface area contributed by atoms with Crippen LogP contribution in [0.2, 0.25) is 10.0 Å². The maximum atomic E-state index is 13.4. The van der Waals surface area contributed by atoms with Crippen molar-refractivity contribution in [3.63, 3.8) is 0 Å². The van der Waals surface area contributed by atoms with Gasteiger partial charge >= 0.3 is 0 Å². The van der Waals surface area contributed by atoms with Crippen molar-refractivity contribution < 1.29 is 24.2 Å². The SMILES string of the molecule is COc1ccc(CN2C(=O)C(=O)/C(=C(/O)c3cc(Cl)c(OC)c(Cl)c3)C2c2c[nH]c3ccccc23)cc1. The number of amides is 1. The average Bonchev–Trinajstić information content (AvgIpc) is 3.43. The third-order valence-electron chi connectivity index (χ3n) is 6.44. The van der Waals surface area contributed by atoms with Crippen molar-refractivity contribution in [3.8, 4) is 11.5 Å². The molecule has 0 bridgehead atoms. The lowest BCUT2D eigenvalue weighted by Gasteiger charge is -2.25. The molecular formula is C28H22Cl2N2O5. The number of nitrogens with zero attached hydrogens (tertiary/aromatic N) is 1. The van der Waals surface area contributed by atoms with Crippen molar-refractivity contribution in [1.29, 1.82) is 0 Å². The molecule has 5 rings (SSSR count). The van der Waals surface area contributed by atoms with Gasteiger partial charge < -0.3 is 24.5 Å². The summed E-state index contributed by atoms with van der Waals surface area (Å²) in [6, 6.07) is 16.8. The molecule has 1 fully saturated rings. The van der Waals surface area contributed by atoms with E-state index < -0.39 is 17.7 Å². The molecule has 188 valence electrons. The maximum Gasteiger partial charge on any atom is 0.295 e. The van der Waals surface area contributed by atoms with Crippen LogP contribution in [0.15, 0.2) is 72.4 Å². The number of H-pyrrole nitrogens is 1. The van der Waals surface area contributed by atoms with Gasteiger partial charge in [-0.05, 0) is 35.9 Å². The van der Waals surface area contributed by atoms with Crippen molar-refractivity contribution in [2.45, 2.75) is 12.6 Å². The van der Waals surface area contributed by atoms with Gasteiger partial charge in [0.15, 0.2) is 5.75 Å². The van der Waals surface area contributed by atoms with Gasteiger partial charge in [-0.1, -0.05) is 53.5 Å². The molecule has 1 aromatic heterocycles. The van der Waals surface area contributed by atoms with Crippen LogP contribution in [0.3, 0.4) is 0 Å². The molecule has 1 unspecified atom stereocenters. The topological polar surface area (TPSA) is 91.9 Å². The number of hydrogen-bond donors (Lipinski definition) is 2. The van der Waals surface area contributed by atoms with Gasteiger partial charge in [0.05, 0.1) is 35.9 Å². The number of ketones is 1. The minimum atomic E-state index is -0.863. The van der Waals surface area contributed by atoms with Gasteiger partial charge in [0.2, 0.25) is 0 Å². The van der Waals surface area contributed by atoms with Gasteiger partial charge in [0, 0.05) is 34.8 Å². The summed E-state index contributed by atoms with van der Waals surface area (Å²) in [5.41, 5.74) is 2.45. The molecule has 2 heterocycles. The van der Waals surface area contributed by atoms with Crippen molar-refractivity contribution in [2.75, 3.05) is 14.2 Å². The highest BCUT2D eigenvalue weighted by molar-refractivity contribution is 6.47. The Kier molecular flexibility index (Phi) is 6.58. The Balaban J connectivity index is 1.69. The standard InChI is InChI=1S/C28H22Cl2N2O5/c1-36-17-9-7-15(8-10-17)14-32-24(19-13-31-22-6-4-3-5-18(19)22)23(26(34)28(32)35)25(33)16-11-20(29)27(37-2)21(30)12-16/h3-13,24,31,33H,14H2,1-2H3/b25-23+. The van der Waals surface area contributed by atoms with E-state index in [-0.39, 0.29) is 39.2 Å². The van der Waals surface area contributed by atoms with Gasteiger partial charge in [-0.15, -0.1) is 0 Å². The highest BCUT2D eigenvalue weighted by Gasteiger charge is 2.47. The number of rotatable bonds is 6. The average molecular weight is 537 g/mol. The van der Waals surface area contributed by atoms with Crippen LogP contribution in [0.5, 0.6) is 11.5 Å². The fourth-order valence-electron chi connectivity index (χ4n) is 4.66. The Bertz CT molecular complexity index is 1540. The van der Waals surface area contributed by atoms with Gasteiger partial charge in [-0.25, -0.2) is 0 Å². The van der Waals surface area contributed by atoms with Crippen molar-refractivity contribution >= 4 is 51.6 Å². The number of aromatic nitrogens is 1. The number of aliphatic hydroxyl groups excluding tert-OH is 1. The minimum absolute atomic E-state index is 0.0550. The number of fused-ring (bicyclic) bond motifs is 1. The highest BCUT2D eigenvalue weighted by Crippen LogP contribution is 2.44. The molecule has 0 radical (unpaired) electrons. The second-order valence-corrected chi connectivity index (χ2v) is 9.35. The Morgan fingerprint density at radius 3 is 2.32 bits per heavy atom. The fraction of sp³-hybridized carbons (Fsp3) is 0.143. The molecule has 3 aromatic carbocycles. The number of Topliss-reactive ketones (excluding diaryl/α,β-unsaturated/α-hetero) is 1. The molecule has 1 aliphatic rings. The van der Waals surface area contributed by atoms with Gasteiger partial charge in [-0.3, -0.25) is 9.59 Å². The number of aromatic amines is 1. The van der Waals surface area contributed by atoms with Crippen LogP contribution < -0.4 is 9.47 Å². The number of methoxy groups -OCH3 is 2. The Labute approximate surface area is 222 Å². The molecule has 1 aliphatic heterocycles. The van der Waals surface area contributed by atoms with Crippen molar-refractivity contribution in [2.24, 2.45) is 0 Å². The normalized spacial score (nSPS) is 17.0. The number of hydrogen-bond acceptors (Lipinski definition) is 5. The van der Waals surface area contributed by atoms with Gasteiger partial charge in [0.25, 0.3) is 11.7 Å². The number of aliphatic hydroxyl groups is 1. The lowest BCUT2D eigenvalue weighted by molar-refractivity contribution is -0.140. The molecule has 37 heavy (non-hydrogen) atoms. The van der Waals surface area contributed by atoms with E-state index in [1.165, 1.54) is 24.1 Å². The number of carbonyl (C=O) groups is 2. The number of nitrogens with one attached hydrogen (secondary N) is 1. The van der Waals surface area contributed by atoms with Crippen LogP contribution in [0.1, 0.15) is 22.7 Å². The number of benzene rings is 3. The van der Waals surface area contributed by atoms with E-state index in [4.69, 9.17) is 32.7 Å². The molecule has 1 amide bonds. The maximum absolute atomic E-state index is 13.4. The Morgan fingerprint density at radius 1 is 1.00 bits per heavy atom. The molecule has 4 aromatic rings. The van der Waals surface area contributed by atoms with Crippen LogP contribution in [0.25, 0.3) is 16.7 Å². The monoisotopic (exact) mass is 536 g/mol. The lowest BCUT2D eigenvalue weighted by Crippen LogP contribution is -2.29. The zero-order valence-corrected chi connectivity index (χ0v) is 21.4. The summed E-state index contributed by atoms with van der Waals surface area (Å²) in [6.07, 6.45) is 1.75. The first-order valence-electron chi connectivity index (χ1n) is 11.3.